The molecular formula is C44H44O16. The largest absolute Gasteiger partial charge is 0.507 e. The maximum absolute atomic E-state index is 13.5. The van der Waals surface area contributed by atoms with Crippen LogP contribution < -0.4 is 4.74 Å². The fourth-order valence-electron chi connectivity index (χ4n) is 7.61. The molecule has 0 saturated carbocycles. The van der Waals surface area contributed by atoms with E-state index in [1.807, 2.05) is 6.92 Å². The van der Waals surface area contributed by atoms with Crippen LogP contribution in [0.3, 0.4) is 0 Å². The summed E-state index contributed by atoms with van der Waals surface area (Å²) in [6, 6.07) is 5.12. The zero-order chi connectivity index (χ0) is 43.4. The van der Waals surface area contributed by atoms with E-state index in [1.165, 1.54) is 46.8 Å². The number of carbonyl (C=O) groups excluding carboxylic acids is 5. The van der Waals surface area contributed by atoms with Crippen LogP contribution in [0.1, 0.15) is 72.4 Å². The summed E-state index contributed by atoms with van der Waals surface area (Å²) in [5.74, 6) is -3.83. The molecule has 2 aromatic carbocycles. The lowest BCUT2D eigenvalue weighted by Gasteiger charge is -2.38. The van der Waals surface area contributed by atoms with Crippen molar-refractivity contribution in [2.75, 3.05) is 19.8 Å². The topological polar surface area (TPSA) is 234 Å². The van der Waals surface area contributed by atoms with Gasteiger partial charge in [-0.25, -0.2) is 9.59 Å². The third-order valence-electron chi connectivity index (χ3n) is 11.1. The fraction of sp³-hybridized carbons (Fsp3) is 0.386. The number of esters is 3. The molecule has 1 fully saturated rings. The van der Waals surface area contributed by atoms with Crippen molar-refractivity contribution >= 4 is 29.5 Å². The Kier molecular flexibility index (Phi) is 11.0. The maximum atomic E-state index is 13.5. The standard InChI is InChI=1S/C44H44O16/c1-20-10-27(16-31(46)36(20)41(50)59-34-14-24-12-26(8-7-9-54-23(4)45)55-18-29(24)39(48)43(34,5)52)58-28-11-21(2)37(32(47)17-28)42(51)60-35-15-25-13-33(38-22(3)57-38)56-19-30(25)40(49)44(35,6)53/h7-8,10-13,16-17,22,34-35,38,46-47,52-53H,9,14-15,18-19H2,1-6H3. The van der Waals surface area contributed by atoms with Crippen LogP contribution in [0, 0.1) is 13.8 Å². The van der Waals surface area contributed by atoms with Crippen LogP contribution in [0.15, 0.2) is 82.4 Å². The van der Waals surface area contributed by atoms with Crippen LogP contribution in [0.2, 0.25) is 0 Å². The van der Waals surface area contributed by atoms with Gasteiger partial charge in [-0.05, 0) is 93.3 Å². The van der Waals surface area contributed by atoms with Crippen molar-refractivity contribution in [3.63, 3.8) is 0 Å². The lowest BCUT2D eigenvalue weighted by atomic mass is 9.77. The van der Waals surface area contributed by atoms with Crippen molar-refractivity contribution in [1.29, 1.82) is 0 Å². The number of hydrogen-bond donors (Lipinski definition) is 4. The molecule has 3 aliphatic heterocycles. The average molecular weight is 829 g/mol. The second-order valence-electron chi connectivity index (χ2n) is 15.7. The molecule has 3 heterocycles. The number of ketones is 2. The molecule has 16 heteroatoms. The van der Waals surface area contributed by atoms with Crippen molar-refractivity contribution in [2.24, 2.45) is 0 Å². The Morgan fingerprint density at radius 3 is 1.75 bits per heavy atom. The molecule has 2 aliphatic carbocycles. The summed E-state index contributed by atoms with van der Waals surface area (Å²) >= 11 is 0. The Labute approximate surface area is 343 Å². The quantitative estimate of drug-likeness (QED) is 0.148. The summed E-state index contributed by atoms with van der Waals surface area (Å²) < 4.78 is 38.9. The van der Waals surface area contributed by atoms with Gasteiger partial charge in [0.15, 0.2) is 22.8 Å². The van der Waals surface area contributed by atoms with Gasteiger partial charge < -0.3 is 53.6 Å². The van der Waals surface area contributed by atoms with E-state index >= 15 is 0 Å². The number of hydrogen-bond acceptors (Lipinski definition) is 16. The number of phenolic OH excluding ortho intramolecular Hbond substituents is 2. The molecule has 0 aromatic heterocycles. The van der Waals surface area contributed by atoms with E-state index in [2.05, 4.69) is 0 Å². The predicted molar refractivity (Wildman–Crippen MR) is 207 cm³/mol. The Morgan fingerprint density at radius 1 is 0.800 bits per heavy atom. The van der Waals surface area contributed by atoms with Gasteiger partial charge in [0.25, 0.3) is 0 Å². The highest BCUT2D eigenvalue weighted by Gasteiger charge is 2.51. The first-order valence-corrected chi connectivity index (χ1v) is 19.2. The number of benzene rings is 2. The van der Waals surface area contributed by atoms with E-state index < -0.39 is 64.4 Å². The Bertz CT molecular complexity index is 2330. The minimum atomic E-state index is -2.11. The van der Waals surface area contributed by atoms with Crippen molar-refractivity contribution in [1.82, 2.24) is 0 Å². The lowest BCUT2D eigenvalue weighted by molar-refractivity contribution is -0.147. The van der Waals surface area contributed by atoms with Crippen molar-refractivity contribution in [3.05, 3.63) is 105 Å². The van der Waals surface area contributed by atoms with Crippen LogP contribution >= 0.6 is 0 Å². The molecule has 16 nitrogen and oxygen atoms in total. The number of phenols is 2. The molecular weight excluding hydrogens is 784 g/mol. The maximum Gasteiger partial charge on any atom is 0.342 e. The van der Waals surface area contributed by atoms with Crippen LogP contribution in [0.4, 0.5) is 0 Å². The molecule has 316 valence electrons. The molecule has 7 rings (SSSR count). The minimum Gasteiger partial charge on any atom is -0.507 e. The number of carbonyl (C=O) groups is 5. The number of aryl methyl sites for hydroxylation is 2. The highest BCUT2D eigenvalue weighted by Crippen LogP contribution is 2.42. The van der Waals surface area contributed by atoms with E-state index in [9.17, 15) is 44.4 Å². The predicted octanol–water partition coefficient (Wildman–Crippen LogP) is 4.33. The van der Waals surface area contributed by atoms with Gasteiger partial charge in [0.1, 0.15) is 83.8 Å². The number of aliphatic hydroxyl groups is 2. The first-order valence-electron chi connectivity index (χ1n) is 19.2. The van der Waals surface area contributed by atoms with Gasteiger partial charge in [0.05, 0.1) is 6.10 Å². The minimum absolute atomic E-state index is 0.0110. The van der Waals surface area contributed by atoms with E-state index in [-0.39, 0.29) is 89.8 Å². The van der Waals surface area contributed by atoms with Crippen molar-refractivity contribution < 1.29 is 77.6 Å². The van der Waals surface area contributed by atoms with Gasteiger partial charge in [-0.1, -0.05) is 0 Å². The van der Waals surface area contributed by atoms with E-state index in [0.29, 0.717) is 22.7 Å². The number of ether oxygens (including phenoxy) is 7. The SMILES string of the molecule is CC(=O)OCC=CC1=CC2=C(CO1)C(=O)C(C)(O)C(OC(=O)c1c(C)cc(Oc3cc(C)c(C(=O)OC4CC5=C(COC(C6OC6C)=C5)C(=O)C4(C)O)c(O)c3)cc1O)C2. The molecule has 4 N–H and O–H groups in total. The van der Waals surface area contributed by atoms with Crippen LogP contribution in [0.5, 0.6) is 23.0 Å². The van der Waals surface area contributed by atoms with Gasteiger partial charge in [0.2, 0.25) is 0 Å². The monoisotopic (exact) mass is 828 g/mol. The van der Waals surface area contributed by atoms with Gasteiger partial charge in [-0.15, -0.1) is 0 Å². The Balaban J connectivity index is 1.03. The lowest BCUT2D eigenvalue weighted by Crippen LogP contribution is -2.53. The molecule has 2 aromatic rings. The molecule has 5 aliphatic rings. The van der Waals surface area contributed by atoms with Crippen molar-refractivity contribution in [2.45, 2.75) is 90.0 Å². The average Bonchev–Trinajstić information content (AvgIpc) is 3.90. The number of Topliss-reactive ketones (excluding diaryl/α,β-unsaturated/α-hetero) is 2. The fourth-order valence-corrected chi connectivity index (χ4v) is 7.61. The van der Waals surface area contributed by atoms with E-state index in [0.717, 1.165) is 12.1 Å². The number of aromatic hydroxyl groups is 2. The first kappa shape index (κ1) is 41.9. The molecule has 1 saturated heterocycles. The molecule has 0 bridgehead atoms. The molecule has 6 atom stereocenters. The molecule has 6 unspecified atom stereocenters. The summed E-state index contributed by atoms with van der Waals surface area (Å²) in [5, 5.41) is 44.4. The molecule has 0 amide bonds. The van der Waals surface area contributed by atoms with E-state index in [1.54, 1.807) is 24.3 Å². The second-order valence-corrected chi connectivity index (χ2v) is 15.7. The van der Waals surface area contributed by atoms with E-state index in [4.69, 9.17) is 33.2 Å². The van der Waals surface area contributed by atoms with Gasteiger partial charge >= 0.3 is 17.9 Å². The third-order valence-corrected chi connectivity index (χ3v) is 11.1. The van der Waals surface area contributed by atoms with Gasteiger partial charge in [-0.3, -0.25) is 14.4 Å². The van der Waals surface area contributed by atoms with Gasteiger partial charge in [-0.2, -0.15) is 0 Å². The number of epoxide rings is 1. The summed E-state index contributed by atoms with van der Waals surface area (Å²) in [5.41, 5.74) is -2.66. The highest BCUT2D eigenvalue weighted by atomic mass is 16.6. The first-order chi connectivity index (χ1) is 28.3. The highest BCUT2D eigenvalue weighted by molar-refractivity contribution is 6.06. The molecule has 60 heavy (non-hydrogen) atoms. The molecule has 0 spiro atoms. The van der Waals surface area contributed by atoms with Crippen LogP contribution in [0.25, 0.3) is 0 Å². The van der Waals surface area contributed by atoms with Crippen LogP contribution in [-0.4, -0.2) is 105 Å². The normalized spacial score (nSPS) is 27.2. The third kappa shape index (κ3) is 8.05. The molecule has 0 radical (unpaired) electrons. The van der Waals surface area contributed by atoms with Gasteiger partial charge in [0, 0.05) is 43.0 Å². The Morgan fingerprint density at radius 2 is 1.28 bits per heavy atom. The summed E-state index contributed by atoms with van der Waals surface area (Å²) in [7, 11) is 0. The summed E-state index contributed by atoms with van der Waals surface area (Å²) in [6.45, 7) is 8.52. The second kappa shape index (κ2) is 15.7. The van der Waals surface area contributed by atoms with Crippen LogP contribution in [-0.2, 0) is 42.8 Å². The van der Waals surface area contributed by atoms with Crippen molar-refractivity contribution in [3.8, 4) is 23.0 Å². The zero-order valence-corrected chi connectivity index (χ0v) is 33.7. The smallest absolute Gasteiger partial charge is 0.342 e. The number of rotatable bonds is 10. The Hall–Kier alpha value is -6.23. The summed E-state index contributed by atoms with van der Waals surface area (Å²) in [6.07, 6.45) is 3.46. The summed E-state index contributed by atoms with van der Waals surface area (Å²) in [4.78, 5) is 64.6. The zero-order valence-electron chi connectivity index (χ0n) is 33.7. The number of allylic oxidation sites excluding steroid dienone is 3.